The molecule has 0 spiro atoms. The van der Waals surface area contributed by atoms with Crippen LogP contribution in [0.2, 0.25) is 0 Å². The third-order valence-electron chi connectivity index (χ3n) is 5.70. The molecule has 130 valence electrons. The van der Waals surface area contributed by atoms with Gasteiger partial charge >= 0.3 is 0 Å². The maximum atomic E-state index is 3.85. The summed E-state index contributed by atoms with van der Waals surface area (Å²) in [6.07, 6.45) is 22.4. The Labute approximate surface area is 152 Å². The molecule has 0 aliphatic heterocycles. The maximum absolute atomic E-state index is 3.85. The highest BCUT2D eigenvalue weighted by atomic mass is 15.0. The van der Waals surface area contributed by atoms with Gasteiger partial charge in [0.2, 0.25) is 0 Å². The van der Waals surface area contributed by atoms with Gasteiger partial charge in [-0.3, -0.25) is 5.32 Å². The first kappa shape index (κ1) is 16.6. The average molecular weight is 332 g/mol. The van der Waals surface area contributed by atoms with Crippen LogP contribution >= 0.6 is 0 Å². The lowest BCUT2D eigenvalue weighted by atomic mass is 9.96. The predicted molar refractivity (Wildman–Crippen MR) is 108 cm³/mol. The lowest BCUT2D eigenvalue weighted by Gasteiger charge is -2.21. The summed E-state index contributed by atoms with van der Waals surface area (Å²) in [4.78, 5) is 0. The van der Waals surface area contributed by atoms with Crippen molar-refractivity contribution in [1.82, 2.24) is 5.32 Å². The average Bonchev–Trinajstić information content (AvgIpc) is 3.26. The minimum atomic E-state index is 0.342. The quantitative estimate of drug-likeness (QED) is 0.600. The normalized spacial score (nSPS) is 21.2. The molecule has 1 atom stereocenters. The summed E-state index contributed by atoms with van der Waals surface area (Å²) in [6, 6.07) is 7.93. The highest BCUT2D eigenvalue weighted by molar-refractivity contribution is 5.81. The van der Waals surface area contributed by atoms with Crippen molar-refractivity contribution in [2.24, 2.45) is 0 Å². The van der Waals surface area contributed by atoms with E-state index in [9.17, 15) is 0 Å². The zero-order chi connectivity index (χ0) is 17.1. The van der Waals surface area contributed by atoms with E-state index < -0.39 is 0 Å². The Morgan fingerprint density at radius 3 is 2.80 bits per heavy atom. The molecule has 0 bridgehead atoms. The molecule has 0 radical (unpaired) electrons. The van der Waals surface area contributed by atoms with Crippen LogP contribution in [0.25, 0.3) is 5.57 Å². The number of allylic oxidation sites excluding steroid dienone is 4. The van der Waals surface area contributed by atoms with Crippen molar-refractivity contribution >= 4 is 5.57 Å². The van der Waals surface area contributed by atoms with Crippen molar-refractivity contribution in [1.29, 1.82) is 0 Å². The van der Waals surface area contributed by atoms with Crippen molar-refractivity contribution < 1.29 is 0 Å². The second-order valence-electron chi connectivity index (χ2n) is 7.50. The van der Waals surface area contributed by atoms with Gasteiger partial charge in [-0.15, -0.1) is 0 Å². The Morgan fingerprint density at radius 1 is 1.08 bits per heavy atom. The van der Waals surface area contributed by atoms with Crippen molar-refractivity contribution in [2.45, 2.75) is 64.0 Å². The zero-order valence-electron chi connectivity index (χ0n) is 15.3. The number of unbranched alkanes of at least 4 members (excludes halogenated alkanes) is 3. The highest BCUT2D eigenvalue weighted by Crippen LogP contribution is 2.45. The Bertz CT molecular complexity index is 735. The molecule has 3 aliphatic carbocycles. The van der Waals surface area contributed by atoms with E-state index in [4.69, 9.17) is 0 Å². The molecule has 4 rings (SSSR count). The largest absolute Gasteiger partial charge is 0.296 e. The molecule has 0 fully saturated rings. The number of aryl methyl sites for hydroxylation is 1. The van der Waals surface area contributed by atoms with Crippen LogP contribution in [0, 0.1) is 0 Å². The summed E-state index contributed by atoms with van der Waals surface area (Å²) in [5.41, 5.74) is 7.55. The topological polar surface area (TPSA) is 12.0 Å². The Kier molecular flexibility index (Phi) is 5.03. The van der Waals surface area contributed by atoms with Gasteiger partial charge in [0.15, 0.2) is 0 Å². The third kappa shape index (κ3) is 3.43. The second-order valence-corrected chi connectivity index (χ2v) is 7.50. The SMILES string of the molecule is CCCCCCc1ccc2c(c1)C(NC1C=CC=C1)C1=C2CCC=C1. The van der Waals surface area contributed by atoms with Crippen LogP contribution in [-0.4, -0.2) is 6.04 Å². The molecular formula is C24H29N. The van der Waals surface area contributed by atoms with Gasteiger partial charge in [-0.25, -0.2) is 0 Å². The molecule has 1 heteroatoms. The minimum absolute atomic E-state index is 0.342. The van der Waals surface area contributed by atoms with E-state index in [0.29, 0.717) is 12.1 Å². The van der Waals surface area contributed by atoms with Gasteiger partial charge in [0.25, 0.3) is 0 Å². The van der Waals surface area contributed by atoms with Gasteiger partial charge in [-0.1, -0.05) is 80.8 Å². The lowest BCUT2D eigenvalue weighted by molar-refractivity contribution is 0.600. The first-order chi connectivity index (χ1) is 12.4. The fourth-order valence-electron chi connectivity index (χ4n) is 4.36. The van der Waals surface area contributed by atoms with Crippen molar-refractivity contribution in [3.63, 3.8) is 0 Å². The zero-order valence-corrected chi connectivity index (χ0v) is 15.3. The van der Waals surface area contributed by atoms with Gasteiger partial charge in [-0.2, -0.15) is 0 Å². The fourth-order valence-corrected chi connectivity index (χ4v) is 4.36. The van der Waals surface area contributed by atoms with E-state index >= 15 is 0 Å². The number of rotatable bonds is 7. The van der Waals surface area contributed by atoms with E-state index in [0.717, 1.165) is 0 Å². The van der Waals surface area contributed by atoms with Gasteiger partial charge < -0.3 is 0 Å². The van der Waals surface area contributed by atoms with Crippen LogP contribution in [0.5, 0.6) is 0 Å². The molecule has 3 aliphatic rings. The number of benzene rings is 1. The molecule has 1 aromatic rings. The lowest BCUT2D eigenvalue weighted by Crippen LogP contribution is -2.29. The highest BCUT2D eigenvalue weighted by Gasteiger charge is 2.31. The molecule has 1 N–H and O–H groups in total. The van der Waals surface area contributed by atoms with Gasteiger partial charge in [0.1, 0.15) is 0 Å². The summed E-state index contributed by atoms with van der Waals surface area (Å²) in [6.45, 7) is 2.28. The Balaban J connectivity index is 1.58. The molecule has 0 aromatic heterocycles. The molecular weight excluding hydrogens is 302 g/mol. The van der Waals surface area contributed by atoms with Crippen LogP contribution in [0.3, 0.4) is 0 Å². The summed E-state index contributed by atoms with van der Waals surface area (Å²) in [5, 5.41) is 3.85. The Morgan fingerprint density at radius 2 is 1.96 bits per heavy atom. The molecule has 25 heavy (non-hydrogen) atoms. The number of nitrogens with one attached hydrogen (secondary N) is 1. The first-order valence-electron chi connectivity index (χ1n) is 10.0. The van der Waals surface area contributed by atoms with Crippen molar-refractivity contribution in [3.8, 4) is 0 Å². The van der Waals surface area contributed by atoms with E-state index in [1.54, 1.807) is 5.57 Å². The molecule has 1 unspecified atom stereocenters. The molecule has 0 amide bonds. The van der Waals surface area contributed by atoms with E-state index in [2.05, 4.69) is 66.9 Å². The van der Waals surface area contributed by atoms with Crippen molar-refractivity contribution in [3.05, 3.63) is 76.9 Å². The van der Waals surface area contributed by atoms with Crippen molar-refractivity contribution in [2.75, 3.05) is 0 Å². The van der Waals surface area contributed by atoms with Gasteiger partial charge in [-0.05, 0) is 53.5 Å². The van der Waals surface area contributed by atoms with Gasteiger partial charge in [0, 0.05) is 6.04 Å². The summed E-state index contributed by atoms with van der Waals surface area (Å²) in [5.74, 6) is 0. The first-order valence-corrected chi connectivity index (χ1v) is 10.0. The van der Waals surface area contributed by atoms with E-state index in [1.807, 2.05) is 0 Å². The third-order valence-corrected chi connectivity index (χ3v) is 5.70. The predicted octanol–water partition coefficient (Wildman–Crippen LogP) is 6.05. The van der Waals surface area contributed by atoms with Crippen LogP contribution < -0.4 is 5.32 Å². The minimum Gasteiger partial charge on any atom is -0.296 e. The summed E-state index contributed by atoms with van der Waals surface area (Å²) >= 11 is 0. The van der Waals surface area contributed by atoms with Crippen LogP contribution in [0.4, 0.5) is 0 Å². The van der Waals surface area contributed by atoms with E-state index in [1.165, 1.54) is 67.2 Å². The smallest absolute Gasteiger partial charge is 0.0592 e. The van der Waals surface area contributed by atoms with Crippen LogP contribution in [0.15, 0.2) is 60.2 Å². The molecule has 0 heterocycles. The van der Waals surface area contributed by atoms with Gasteiger partial charge in [0.05, 0.1) is 6.04 Å². The molecule has 0 saturated heterocycles. The number of hydrogen-bond donors (Lipinski definition) is 1. The number of hydrogen-bond acceptors (Lipinski definition) is 1. The number of fused-ring (bicyclic) bond motifs is 2. The maximum Gasteiger partial charge on any atom is 0.0592 e. The monoisotopic (exact) mass is 331 g/mol. The van der Waals surface area contributed by atoms with Crippen LogP contribution in [0.1, 0.15) is 68.2 Å². The summed E-state index contributed by atoms with van der Waals surface area (Å²) < 4.78 is 0. The van der Waals surface area contributed by atoms with E-state index in [-0.39, 0.29) is 0 Å². The second kappa shape index (κ2) is 7.58. The van der Waals surface area contributed by atoms with Crippen LogP contribution in [-0.2, 0) is 6.42 Å². The summed E-state index contributed by atoms with van der Waals surface area (Å²) in [7, 11) is 0. The molecule has 1 nitrogen and oxygen atoms in total. The molecule has 0 saturated carbocycles. The Hall–Kier alpha value is -1.86. The molecule has 1 aromatic carbocycles. The standard InChI is InChI=1S/C24H29N/c1-2-3-4-5-10-18-15-16-21-20-13-8-9-14-22(20)24(23(21)17-18)25-19-11-6-7-12-19/h6-7,9,11-12,14-17,19,24-25H,2-5,8,10,13H2,1H3. The fraction of sp³-hybridized carbons (Fsp3) is 0.417.